The Labute approximate surface area is 191 Å². The predicted octanol–water partition coefficient (Wildman–Crippen LogP) is 2.93. The van der Waals surface area contributed by atoms with Crippen LogP contribution in [0, 0.1) is 13.8 Å². The predicted molar refractivity (Wildman–Crippen MR) is 123 cm³/mol. The Bertz CT molecular complexity index is 1340. The summed E-state index contributed by atoms with van der Waals surface area (Å²) in [6.07, 6.45) is 9.97. The van der Waals surface area contributed by atoms with Gasteiger partial charge in [0.2, 0.25) is 5.95 Å². The van der Waals surface area contributed by atoms with Crippen LogP contribution in [0.25, 0.3) is 22.6 Å². The zero-order chi connectivity index (χ0) is 22.7. The van der Waals surface area contributed by atoms with Crippen LogP contribution in [0.2, 0.25) is 0 Å². The van der Waals surface area contributed by atoms with Crippen LogP contribution in [0.1, 0.15) is 48.9 Å². The molecule has 0 aromatic carbocycles. The van der Waals surface area contributed by atoms with Crippen molar-refractivity contribution in [1.82, 2.24) is 39.3 Å². The van der Waals surface area contributed by atoms with E-state index in [-0.39, 0.29) is 12.2 Å². The van der Waals surface area contributed by atoms with E-state index in [0.717, 1.165) is 28.3 Å². The molecule has 0 radical (unpaired) electrons. The maximum atomic E-state index is 6.29. The number of rotatable bonds is 4. The summed E-state index contributed by atoms with van der Waals surface area (Å²) < 4.78 is 10.3. The number of ether oxygens (including phenoxy) is 1. The lowest BCUT2D eigenvalue weighted by Gasteiger charge is -2.36. The lowest BCUT2D eigenvalue weighted by molar-refractivity contribution is -0.0178. The molecule has 2 unspecified atom stereocenters. The maximum Gasteiger partial charge on any atom is 0.228 e. The summed E-state index contributed by atoms with van der Waals surface area (Å²) >= 11 is 0. The minimum Gasteiger partial charge on any atom is -0.367 e. The van der Waals surface area contributed by atoms with Crippen LogP contribution in [0.15, 0.2) is 24.9 Å². The number of hydrogen-bond donors (Lipinski definition) is 0. The van der Waals surface area contributed by atoms with Gasteiger partial charge >= 0.3 is 0 Å². The van der Waals surface area contributed by atoms with Crippen LogP contribution in [0.4, 0.5) is 5.95 Å². The van der Waals surface area contributed by atoms with Crippen molar-refractivity contribution in [3.63, 3.8) is 0 Å². The minimum absolute atomic E-state index is 0.0262. The van der Waals surface area contributed by atoms with Crippen LogP contribution < -0.4 is 4.90 Å². The molecule has 1 aliphatic carbocycles. The quantitative estimate of drug-likeness (QED) is 0.473. The van der Waals surface area contributed by atoms with Crippen molar-refractivity contribution in [2.75, 3.05) is 18.0 Å². The third-order valence-corrected chi connectivity index (χ3v) is 6.45. The van der Waals surface area contributed by atoms with Crippen molar-refractivity contribution in [2.24, 2.45) is 7.05 Å². The van der Waals surface area contributed by atoms with Gasteiger partial charge in [0.25, 0.3) is 0 Å². The molecule has 2 fully saturated rings. The first-order valence-electron chi connectivity index (χ1n) is 11.4. The SMILES string of the molecule is Cc1nc2nc(N3CC(C)OC(c4cnn(C5CC5)c4)C3)nc(-c3cncn3C)c2nc1C. The van der Waals surface area contributed by atoms with E-state index < -0.39 is 0 Å². The van der Waals surface area contributed by atoms with E-state index >= 15 is 0 Å². The number of aromatic nitrogens is 8. The first-order valence-corrected chi connectivity index (χ1v) is 11.4. The molecule has 0 bridgehead atoms. The summed E-state index contributed by atoms with van der Waals surface area (Å²) in [5.74, 6) is 0.631. The Morgan fingerprint density at radius 3 is 2.58 bits per heavy atom. The molecule has 4 aromatic heterocycles. The molecule has 1 saturated heterocycles. The van der Waals surface area contributed by atoms with Gasteiger partial charge in [0.1, 0.15) is 17.3 Å². The topological polar surface area (TPSA) is 99.7 Å². The fraction of sp³-hybridized carbons (Fsp3) is 0.478. The highest BCUT2D eigenvalue weighted by atomic mass is 16.5. The number of imidazole rings is 1. The lowest BCUT2D eigenvalue weighted by atomic mass is 10.1. The third kappa shape index (κ3) is 3.64. The van der Waals surface area contributed by atoms with Gasteiger partial charge in [-0.2, -0.15) is 10.1 Å². The number of hydrogen-bond acceptors (Lipinski definition) is 8. The third-order valence-electron chi connectivity index (χ3n) is 6.45. The zero-order valence-corrected chi connectivity index (χ0v) is 19.3. The van der Waals surface area contributed by atoms with Gasteiger partial charge in [0.05, 0.1) is 54.5 Å². The van der Waals surface area contributed by atoms with Crippen molar-refractivity contribution < 1.29 is 4.74 Å². The van der Waals surface area contributed by atoms with Crippen LogP contribution >= 0.6 is 0 Å². The summed E-state index contributed by atoms with van der Waals surface area (Å²) in [7, 11) is 1.95. The Morgan fingerprint density at radius 2 is 1.82 bits per heavy atom. The van der Waals surface area contributed by atoms with Crippen molar-refractivity contribution >= 4 is 17.1 Å². The summed E-state index contributed by atoms with van der Waals surface area (Å²) in [5, 5.41) is 4.55. The van der Waals surface area contributed by atoms with E-state index in [1.54, 1.807) is 12.5 Å². The molecular formula is C23H27N9O. The molecule has 0 spiro atoms. The number of anilines is 1. The van der Waals surface area contributed by atoms with Crippen molar-refractivity contribution in [1.29, 1.82) is 0 Å². The molecule has 1 aliphatic heterocycles. The minimum atomic E-state index is -0.0912. The van der Waals surface area contributed by atoms with Crippen molar-refractivity contribution in [3.05, 3.63) is 41.9 Å². The van der Waals surface area contributed by atoms with Gasteiger partial charge in [0, 0.05) is 25.4 Å². The number of fused-ring (bicyclic) bond motifs is 1. The molecule has 170 valence electrons. The highest BCUT2D eigenvalue weighted by Crippen LogP contribution is 2.36. The van der Waals surface area contributed by atoms with E-state index in [0.29, 0.717) is 36.2 Å². The molecule has 6 rings (SSSR count). The van der Waals surface area contributed by atoms with E-state index in [4.69, 9.17) is 24.7 Å². The van der Waals surface area contributed by atoms with Gasteiger partial charge in [-0.1, -0.05) is 0 Å². The van der Waals surface area contributed by atoms with Crippen LogP contribution in [0.5, 0.6) is 0 Å². The van der Waals surface area contributed by atoms with Crippen LogP contribution in [0.3, 0.4) is 0 Å². The fourth-order valence-corrected chi connectivity index (χ4v) is 4.36. The summed E-state index contributed by atoms with van der Waals surface area (Å²) in [4.78, 5) is 25.8. The van der Waals surface area contributed by atoms with Gasteiger partial charge in [-0.15, -0.1) is 0 Å². The standard InChI is InChI=1S/C23H27N9O/c1-13-9-31(11-19(33-13)16-7-25-32(10-16)17-5-6-17)23-28-20(18-8-24-12-30(18)4)21-22(29-23)27-15(3)14(2)26-21/h7-8,10,12-13,17,19H,5-6,9,11H2,1-4H3. The smallest absolute Gasteiger partial charge is 0.228 e. The van der Waals surface area contributed by atoms with E-state index in [2.05, 4.69) is 32.8 Å². The summed E-state index contributed by atoms with van der Waals surface area (Å²) in [6, 6.07) is 0.548. The largest absolute Gasteiger partial charge is 0.367 e. The van der Waals surface area contributed by atoms with Crippen molar-refractivity contribution in [3.8, 4) is 11.4 Å². The molecule has 10 heteroatoms. The van der Waals surface area contributed by atoms with Gasteiger partial charge < -0.3 is 14.2 Å². The lowest BCUT2D eigenvalue weighted by Crippen LogP contribution is -2.43. The zero-order valence-electron chi connectivity index (χ0n) is 19.3. The Balaban J connectivity index is 1.41. The highest BCUT2D eigenvalue weighted by Gasteiger charge is 2.31. The maximum absolute atomic E-state index is 6.29. The first kappa shape index (κ1) is 20.2. The van der Waals surface area contributed by atoms with Crippen LogP contribution in [-0.2, 0) is 11.8 Å². The summed E-state index contributed by atoms with van der Waals surface area (Å²) in [5.41, 5.74) is 5.73. The molecule has 0 amide bonds. The molecule has 33 heavy (non-hydrogen) atoms. The number of morpholine rings is 1. The average molecular weight is 446 g/mol. The highest BCUT2D eigenvalue weighted by molar-refractivity contribution is 5.86. The van der Waals surface area contributed by atoms with Crippen LogP contribution in [-0.4, -0.2) is 58.5 Å². The Hall–Kier alpha value is -3.40. The Morgan fingerprint density at radius 1 is 1.00 bits per heavy atom. The average Bonchev–Trinajstić information content (AvgIpc) is 3.36. The van der Waals surface area contributed by atoms with Gasteiger partial charge in [-0.25, -0.2) is 19.9 Å². The van der Waals surface area contributed by atoms with E-state index in [9.17, 15) is 0 Å². The first-order chi connectivity index (χ1) is 16.0. The molecule has 2 aliphatic rings. The molecule has 2 atom stereocenters. The van der Waals surface area contributed by atoms with Gasteiger partial charge in [-0.05, 0) is 33.6 Å². The monoisotopic (exact) mass is 445 g/mol. The second-order valence-corrected chi connectivity index (χ2v) is 9.15. The molecule has 1 saturated carbocycles. The van der Waals surface area contributed by atoms with E-state index in [1.807, 2.05) is 31.7 Å². The molecule has 4 aromatic rings. The number of aryl methyl sites for hydroxylation is 3. The normalized spacial score (nSPS) is 21.2. The molecular weight excluding hydrogens is 418 g/mol. The van der Waals surface area contributed by atoms with Crippen molar-refractivity contribution in [2.45, 2.75) is 51.9 Å². The van der Waals surface area contributed by atoms with E-state index in [1.165, 1.54) is 12.8 Å². The van der Waals surface area contributed by atoms with Gasteiger partial charge in [0.15, 0.2) is 5.65 Å². The molecule has 0 N–H and O–H groups in total. The summed E-state index contributed by atoms with van der Waals surface area (Å²) in [6.45, 7) is 7.34. The second kappa shape index (κ2) is 7.58. The van der Waals surface area contributed by atoms with Gasteiger partial charge in [-0.3, -0.25) is 4.68 Å². The number of nitrogens with zero attached hydrogens (tertiary/aromatic N) is 9. The molecule has 10 nitrogen and oxygen atoms in total. The second-order valence-electron chi connectivity index (χ2n) is 9.15. The Kier molecular flexibility index (Phi) is 4.65. The molecule has 5 heterocycles. The fourth-order valence-electron chi connectivity index (χ4n) is 4.36.